The van der Waals surface area contributed by atoms with Crippen LogP contribution in [-0.2, 0) is 21.2 Å². The van der Waals surface area contributed by atoms with Crippen LogP contribution in [0.4, 0.5) is 4.79 Å². The lowest BCUT2D eigenvalue weighted by atomic mass is 10.1. The Kier molecular flexibility index (Phi) is 8.52. The van der Waals surface area contributed by atoms with Crippen molar-refractivity contribution < 1.29 is 32.3 Å². The molecule has 11 heteroatoms. The molecule has 1 aromatic heterocycles. The number of aromatic nitrogens is 1. The molecule has 0 aliphatic heterocycles. The van der Waals surface area contributed by atoms with E-state index in [2.05, 4.69) is 15.0 Å². The fourth-order valence-electron chi connectivity index (χ4n) is 2.99. The van der Waals surface area contributed by atoms with E-state index in [1.807, 2.05) is 35.1 Å². The Morgan fingerprint density at radius 1 is 0.914 bits per heavy atom. The molecule has 10 nitrogen and oxygen atoms in total. The van der Waals surface area contributed by atoms with E-state index in [0.717, 1.165) is 31.7 Å². The summed E-state index contributed by atoms with van der Waals surface area (Å²) in [4.78, 5) is 39.4. The molecule has 2 amide bonds. The van der Waals surface area contributed by atoms with Gasteiger partial charge in [-0.3, -0.25) is 9.59 Å². The minimum atomic E-state index is -4.27. The summed E-state index contributed by atoms with van der Waals surface area (Å²) in [6, 6.07) is 17.6. The first kappa shape index (κ1) is 25.4. The summed E-state index contributed by atoms with van der Waals surface area (Å²) >= 11 is 0. The van der Waals surface area contributed by atoms with Crippen LogP contribution in [0.15, 0.2) is 77.8 Å². The topological polar surface area (TPSA) is 141 Å². The second-order valence-corrected chi connectivity index (χ2v) is 8.93. The summed E-state index contributed by atoms with van der Waals surface area (Å²) in [6.45, 7) is 0.421. The van der Waals surface area contributed by atoms with Gasteiger partial charge in [-0.15, -0.1) is 0 Å². The van der Waals surface area contributed by atoms with Crippen molar-refractivity contribution in [2.45, 2.75) is 17.7 Å². The average Bonchev–Trinajstić information content (AvgIpc) is 2.87. The number of sulfonamides is 1. The Hall–Kier alpha value is -4.25. The van der Waals surface area contributed by atoms with Crippen molar-refractivity contribution in [3.63, 3.8) is 0 Å². The number of aryl methyl sites for hydroxylation is 1. The van der Waals surface area contributed by atoms with Gasteiger partial charge >= 0.3 is 6.16 Å². The van der Waals surface area contributed by atoms with Gasteiger partial charge in [0, 0.05) is 24.4 Å². The maximum Gasteiger partial charge on any atom is 0.514 e. The largest absolute Gasteiger partial charge is 0.514 e. The van der Waals surface area contributed by atoms with Crippen LogP contribution in [0.3, 0.4) is 0 Å². The molecular formula is C24H23N3O7S. The molecule has 2 aromatic carbocycles. The van der Waals surface area contributed by atoms with Crippen molar-refractivity contribution in [2.24, 2.45) is 0 Å². The lowest BCUT2D eigenvalue weighted by Crippen LogP contribution is -2.31. The number of carbonyl (C=O) groups is 3. The monoisotopic (exact) mass is 497 g/mol. The Morgan fingerprint density at radius 2 is 1.69 bits per heavy atom. The number of methoxy groups -OCH3 is 1. The summed E-state index contributed by atoms with van der Waals surface area (Å²) in [6.07, 6.45) is 1.58. The normalized spacial score (nSPS) is 10.8. The fraction of sp³-hybridized carbons (Fsp3) is 0.167. The molecule has 2 N–H and O–H groups in total. The molecule has 1 heterocycles. The number of ether oxygens (including phenoxy) is 2. The highest BCUT2D eigenvalue weighted by atomic mass is 32.2. The molecule has 182 valence electrons. The van der Waals surface area contributed by atoms with Crippen LogP contribution in [0.25, 0.3) is 0 Å². The van der Waals surface area contributed by atoms with Crippen molar-refractivity contribution in [3.8, 4) is 5.88 Å². The van der Waals surface area contributed by atoms with E-state index in [1.54, 1.807) is 0 Å². The van der Waals surface area contributed by atoms with Gasteiger partial charge in [0.1, 0.15) is 0 Å². The van der Waals surface area contributed by atoms with Gasteiger partial charge in [0.05, 0.1) is 17.6 Å². The molecule has 0 radical (unpaired) electrons. The molecule has 0 aliphatic carbocycles. The molecular weight excluding hydrogens is 474 g/mol. The number of nitrogens with one attached hydrogen (secondary N) is 2. The summed E-state index contributed by atoms with van der Waals surface area (Å²) in [7, 11) is -3.15. The summed E-state index contributed by atoms with van der Waals surface area (Å²) in [5, 5.41) is 2.76. The smallest absolute Gasteiger partial charge is 0.437 e. The van der Waals surface area contributed by atoms with Crippen molar-refractivity contribution in [1.82, 2.24) is 15.0 Å². The van der Waals surface area contributed by atoms with E-state index < -0.39 is 28.0 Å². The van der Waals surface area contributed by atoms with E-state index in [-0.39, 0.29) is 21.9 Å². The Bertz CT molecular complexity index is 1290. The minimum absolute atomic E-state index is 0.0851. The van der Waals surface area contributed by atoms with Crippen molar-refractivity contribution in [1.29, 1.82) is 0 Å². The second kappa shape index (κ2) is 11.7. The van der Waals surface area contributed by atoms with E-state index in [1.165, 1.54) is 36.4 Å². The van der Waals surface area contributed by atoms with E-state index in [4.69, 9.17) is 4.74 Å². The number of benzene rings is 2. The Balaban J connectivity index is 1.59. The number of rotatable bonds is 9. The third-order valence-corrected chi connectivity index (χ3v) is 6.09. The van der Waals surface area contributed by atoms with Crippen molar-refractivity contribution in [2.75, 3.05) is 13.7 Å². The van der Waals surface area contributed by atoms with Gasteiger partial charge in [-0.25, -0.2) is 22.9 Å². The first-order valence-corrected chi connectivity index (χ1v) is 12.0. The highest BCUT2D eigenvalue weighted by Crippen LogP contribution is 2.14. The predicted molar refractivity (Wildman–Crippen MR) is 125 cm³/mol. The van der Waals surface area contributed by atoms with Crippen LogP contribution in [0.2, 0.25) is 0 Å². The predicted octanol–water partition coefficient (Wildman–Crippen LogP) is 2.71. The molecule has 35 heavy (non-hydrogen) atoms. The second-order valence-electron chi connectivity index (χ2n) is 7.25. The van der Waals surface area contributed by atoms with Crippen LogP contribution >= 0.6 is 0 Å². The van der Waals surface area contributed by atoms with Gasteiger partial charge in [-0.2, -0.15) is 0 Å². The number of hydrogen-bond acceptors (Lipinski definition) is 8. The Labute approximate surface area is 202 Å². The molecule has 0 bridgehead atoms. The molecule has 0 aliphatic rings. The molecule has 0 unspecified atom stereocenters. The molecule has 0 spiro atoms. The van der Waals surface area contributed by atoms with Gasteiger partial charge in [0.25, 0.3) is 21.8 Å². The van der Waals surface area contributed by atoms with Gasteiger partial charge in [0.2, 0.25) is 5.88 Å². The van der Waals surface area contributed by atoms with E-state index >= 15 is 0 Å². The maximum absolute atomic E-state index is 12.7. The van der Waals surface area contributed by atoms with Gasteiger partial charge in [-0.05, 0) is 42.7 Å². The van der Waals surface area contributed by atoms with Crippen LogP contribution < -0.4 is 14.8 Å². The molecule has 0 atom stereocenters. The van der Waals surface area contributed by atoms with Crippen molar-refractivity contribution >= 4 is 28.0 Å². The SMILES string of the molecule is COC(=O)Oc1ccc(C(=O)NS(=O)(=O)c2cccc(C(=O)NCCCc3ccccc3)c2)cn1. The highest BCUT2D eigenvalue weighted by Gasteiger charge is 2.20. The third kappa shape index (κ3) is 7.37. The van der Waals surface area contributed by atoms with Crippen LogP contribution in [0.5, 0.6) is 5.88 Å². The number of pyridine rings is 1. The molecule has 3 aromatic rings. The lowest BCUT2D eigenvalue weighted by molar-refractivity contribution is 0.0950. The van der Waals surface area contributed by atoms with Gasteiger partial charge in [-0.1, -0.05) is 36.4 Å². The maximum atomic E-state index is 12.7. The van der Waals surface area contributed by atoms with Crippen LogP contribution in [0, 0.1) is 0 Å². The zero-order chi connectivity index (χ0) is 25.3. The van der Waals surface area contributed by atoms with Crippen LogP contribution in [0.1, 0.15) is 32.7 Å². The van der Waals surface area contributed by atoms with E-state index in [0.29, 0.717) is 6.54 Å². The lowest BCUT2D eigenvalue weighted by Gasteiger charge is -2.09. The van der Waals surface area contributed by atoms with Gasteiger partial charge in [0.15, 0.2) is 0 Å². The number of nitrogens with zero attached hydrogens (tertiary/aromatic N) is 1. The number of hydrogen-bond donors (Lipinski definition) is 2. The number of carbonyl (C=O) groups excluding carboxylic acids is 3. The minimum Gasteiger partial charge on any atom is -0.437 e. The first-order valence-electron chi connectivity index (χ1n) is 10.5. The van der Waals surface area contributed by atoms with Crippen molar-refractivity contribution in [3.05, 3.63) is 89.6 Å². The zero-order valence-corrected chi connectivity index (χ0v) is 19.6. The summed E-state index contributed by atoms with van der Waals surface area (Å²) < 4.78 is 36.3. The van der Waals surface area contributed by atoms with E-state index in [9.17, 15) is 22.8 Å². The summed E-state index contributed by atoms with van der Waals surface area (Å²) in [5.74, 6) is -1.50. The third-order valence-electron chi connectivity index (χ3n) is 4.76. The quantitative estimate of drug-likeness (QED) is 0.340. The summed E-state index contributed by atoms with van der Waals surface area (Å²) in [5.41, 5.74) is 1.22. The average molecular weight is 498 g/mol. The first-order chi connectivity index (χ1) is 16.8. The standard InChI is InChI=1S/C24H23N3O7S/c1-33-24(30)34-21-13-12-19(16-26-21)23(29)27-35(31,32)20-11-5-10-18(15-20)22(28)25-14-6-9-17-7-3-2-4-8-17/h2-5,7-8,10-13,15-16H,6,9,14H2,1H3,(H,25,28)(H,27,29). The molecule has 0 saturated carbocycles. The van der Waals surface area contributed by atoms with Gasteiger partial charge < -0.3 is 14.8 Å². The van der Waals surface area contributed by atoms with Crippen LogP contribution in [-0.4, -0.2) is 45.0 Å². The zero-order valence-electron chi connectivity index (χ0n) is 18.8. The highest BCUT2D eigenvalue weighted by molar-refractivity contribution is 7.90. The molecule has 3 rings (SSSR count). The fourth-order valence-corrected chi connectivity index (χ4v) is 4.01. The molecule has 0 fully saturated rings. The Morgan fingerprint density at radius 3 is 2.37 bits per heavy atom. The number of amides is 2. The molecule has 0 saturated heterocycles.